The molecule has 3 nitrogen and oxygen atoms in total. The van der Waals surface area contributed by atoms with Gasteiger partial charge in [-0.1, -0.05) is 30.3 Å². The van der Waals surface area contributed by atoms with Crippen LogP contribution >= 0.6 is 0 Å². The molecule has 20 heavy (non-hydrogen) atoms. The maximum Gasteiger partial charge on any atom is 0.268 e. The Hall–Kier alpha value is -2.29. The van der Waals surface area contributed by atoms with Gasteiger partial charge >= 0.3 is 0 Å². The molecule has 2 aromatic carbocycles. The Kier molecular flexibility index (Phi) is 2.22. The second-order valence-electron chi connectivity index (χ2n) is 5.45. The van der Waals surface area contributed by atoms with Crippen LogP contribution in [0.5, 0.6) is 5.75 Å². The maximum atomic E-state index is 12.4. The Bertz CT molecular complexity index is 736. The molecule has 2 heterocycles. The lowest BCUT2D eigenvalue weighted by molar-refractivity contribution is -0.125. The van der Waals surface area contributed by atoms with Crippen molar-refractivity contribution < 1.29 is 9.53 Å². The first-order chi connectivity index (χ1) is 9.66. The topological polar surface area (TPSA) is 29.5 Å². The molecule has 100 valence electrons. The Labute approximate surface area is 117 Å². The van der Waals surface area contributed by atoms with Gasteiger partial charge in [-0.25, -0.2) is 0 Å². The molecule has 0 saturated carbocycles. The molecule has 1 atom stereocenters. The number of amides is 1. The summed E-state index contributed by atoms with van der Waals surface area (Å²) < 4.78 is 5.77. The molecule has 0 saturated heterocycles. The minimum Gasteiger partial charge on any atom is -0.479 e. The average Bonchev–Trinajstić information content (AvgIpc) is 2.46. The van der Waals surface area contributed by atoms with Gasteiger partial charge in [-0.2, -0.15) is 0 Å². The van der Waals surface area contributed by atoms with Crippen LogP contribution in [0.1, 0.15) is 18.1 Å². The molecule has 2 aliphatic heterocycles. The van der Waals surface area contributed by atoms with Gasteiger partial charge in [-0.15, -0.1) is 0 Å². The van der Waals surface area contributed by atoms with Gasteiger partial charge < -0.3 is 9.64 Å². The van der Waals surface area contributed by atoms with E-state index in [4.69, 9.17) is 4.74 Å². The lowest BCUT2D eigenvalue weighted by Crippen LogP contribution is -2.45. The van der Waals surface area contributed by atoms with E-state index in [0.717, 1.165) is 17.0 Å². The van der Waals surface area contributed by atoms with Gasteiger partial charge in [0.2, 0.25) is 0 Å². The summed E-state index contributed by atoms with van der Waals surface area (Å²) in [5, 5.41) is 0. The first-order valence-corrected chi connectivity index (χ1v) is 6.87. The predicted molar refractivity (Wildman–Crippen MR) is 77.9 cm³/mol. The van der Waals surface area contributed by atoms with E-state index in [0.29, 0.717) is 6.54 Å². The zero-order valence-electron chi connectivity index (χ0n) is 11.5. The van der Waals surface area contributed by atoms with Crippen LogP contribution in [0.25, 0.3) is 11.1 Å². The lowest BCUT2D eigenvalue weighted by atomic mass is 9.89. The third-order valence-corrected chi connectivity index (χ3v) is 4.15. The van der Waals surface area contributed by atoms with Crippen LogP contribution in [-0.2, 0) is 11.3 Å². The van der Waals surface area contributed by atoms with Gasteiger partial charge in [0.15, 0.2) is 6.10 Å². The van der Waals surface area contributed by atoms with Crippen LogP contribution < -0.4 is 9.64 Å². The fraction of sp³-hybridized carbons (Fsp3) is 0.235. The average molecular weight is 265 g/mol. The highest BCUT2D eigenvalue weighted by atomic mass is 16.5. The standard InChI is InChI=1S/C17H15NO2/c1-10-7-8-14-16-15(10)13-6-4-3-5-12(13)9-18(16)17(19)11(2)20-14/h3-8,11H,9H2,1-2H3. The largest absolute Gasteiger partial charge is 0.479 e. The molecule has 1 unspecified atom stereocenters. The SMILES string of the molecule is Cc1ccc2c3c1-c1ccccc1CN3C(=O)C(C)O2. The highest BCUT2D eigenvalue weighted by molar-refractivity contribution is 6.06. The number of hydrogen-bond donors (Lipinski definition) is 0. The molecule has 0 bridgehead atoms. The van der Waals surface area contributed by atoms with Crippen molar-refractivity contribution in [2.45, 2.75) is 26.5 Å². The number of fused-ring (bicyclic) bond motifs is 2. The van der Waals surface area contributed by atoms with Gasteiger partial charge in [-0.05, 0) is 36.6 Å². The summed E-state index contributed by atoms with van der Waals surface area (Å²) in [6, 6.07) is 12.3. The minimum absolute atomic E-state index is 0.0406. The molecule has 0 spiro atoms. The molecule has 3 heteroatoms. The molecule has 2 aliphatic rings. The lowest BCUT2D eigenvalue weighted by Gasteiger charge is -2.38. The normalized spacial score (nSPS) is 19.2. The number of hydrogen-bond acceptors (Lipinski definition) is 2. The van der Waals surface area contributed by atoms with Crippen molar-refractivity contribution in [1.82, 2.24) is 0 Å². The van der Waals surface area contributed by atoms with Crippen molar-refractivity contribution in [3.8, 4) is 16.9 Å². The molecule has 0 N–H and O–H groups in total. The number of ether oxygens (including phenoxy) is 1. The minimum atomic E-state index is -0.414. The smallest absolute Gasteiger partial charge is 0.268 e. The summed E-state index contributed by atoms with van der Waals surface area (Å²) in [6.07, 6.45) is -0.414. The number of carbonyl (C=O) groups excluding carboxylic acids is 1. The number of nitrogens with zero attached hydrogens (tertiary/aromatic N) is 1. The molecule has 4 rings (SSSR count). The van der Waals surface area contributed by atoms with E-state index >= 15 is 0 Å². The Morgan fingerprint density at radius 1 is 1.20 bits per heavy atom. The number of carbonyl (C=O) groups is 1. The summed E-state index contributed by atoms with van der Waals surface area (Å²) >= 11 is 0. The van der Waals surface area contributed by atoms with Gasteiger partial charge in [0, 0.05) is 5.56 Å². The fourth-order valence-electron chi connectivity index (χ4n) is 3.18. The van der Waals surface area contributed by atoms with Gasteiger partial charge in [0.1, 0.15) is 5.75 Å². The quantitative estimate of drug-likeness (QED) is 0.731. The summed E-state index contributed by atoms with van der Waals surface area (Å²) in [4.78, 5) is 14.3. The Balaban J connectivity index is 2.08. The van der Waals surface area contributed by atoms with Crippen LogP contribution in [0.2, 0.25) is 0 Å². The van der Waals surface area contributed by atoms with E-state index in [9.17, 15) is 4.79 Å². The number of rotatable bonds is 0. The van der Waals surface area contributed by atoms with Gasteiger partial charge in [0.05, 0.1) is 12.2 Å². The molecular formula is C17H15NO2. The zero-order valence-corrected chi connectivity index (χ0v) is 11.5. The monoisotopic (exact) mass is 265 g/mol. The predicted octanol–water partition coefficient (Wildman–Crippen LogP) is 3.29. The van der Waals surface area contributed by atoms with Crippen molar-refractivity contribution in [3.63, 3.8) is 0 Å². The summed E-state index contributed by atoms with van der Waals surface area (Å²) in [6.45, 7) is 4.52. The van der Waals surface area contributed by atoms with E-state index in [1.54, 1.807) is 0 Å². The van der Waals surface area contributed by atoms with Crippen molar-refractivity contribution in [2.24, 2.45) is 0 Å². The zero-order chi connectivity index (χ0) is 13.9. The number of aryl methyl sites for hydroxylation is 1. The first kappa shape index (κ1) is 11.5. The van der Waals surface area contributed by atoms with Crippen LogP contribution in [0, 0.1) is 6.92 Å². The summed E-state index contributed by atoms with van der Waals surface area (Å²) in [7, 11) is 0. The molecule has 0 radical (unpaired) electrons. The van der Waals surface area contributed by atoms with E-state index in [2.05, 4.69) is 25.1 Å². The molecule has 1 amide bonds. The second kappa shape index (κ2) is 3.85. The Morgan fingerprint density at radius 2 is 2.00 bits per heavy atom. The molecule has 0 aliphatic carbocycles. The highest BCUT2D eigenvalue weighted by Gasteiger charge is 2.37. The fourth-order valence-corrected chi connectivity index (χ4v) is 3.18. The molecule has 2 aromatic rings. The third-order valence-electron chi connectivity index (χ3n) is 4.15. The van der Waals surface area contributed by atoms with Crippen molar-refractivity contribution in [2.75, 3.05) is 4.90 Å². The van der Waals surface area contributed by atoms with Crippen LogP contribution in [0.4, 0.5) is 5.69 Å². The van der Waals surface area contributed by atoms with Crippen molar-refractivity contribution in [3.05, 3.63) is 47.5 Å². The summed E-state index contributed by atoms with van der Waals surface area (Å²) in [5.41, 5.74) is 5.65. The molecule has 0 fully saturated rings. The second-order valence-corrected chi connectivity index (χ2v) is 5.45. The van der Waals surface area contributed by atoms with E-state index < -0.39 is 6.10 Å². The first-order valence-electron chi connectivity index (χ1n) is 6.87. The van der Waals surface area contributed by atoms with Gasteiger partial charge in [-0.3, -0.25) is 4.79 Å². The molecule has 0 aromatic heterocycles. The van der Waals surface area contributed by atoms with Gasteiger partial charge in [0.25, 0.3) is 5.91 Å². The highest BCUT2D eigenvalue weighted by Crippen LogP contribution is 2.48. The van der Waals surface area contributed by atoms with Crippen LogP contribution in [0.3, 0.4) is 0 Å². The van der Waals surface area contributed by atoms with E-state index in [-0.39, 0.29) is 5.91 Å². The number of anilines is 1. The van der Waals surface area contributed by atoms with Crippen LogP contribution in [0.15, 0.2) is 36.4 Å². The Morgan fingerprint density at radius 3 is 2.85 bits per heavy atom. The maximum absolute atomic E-state index is 12.4. The number of benzene rings is 2. The third kappa shape index (κ3) is 1.38. The van der Waals surface area contributed by atoms with Crippen molar-refractivity contribution >= 4 is 11.6 Å². The van der Waals surface area contributed by atoms with E-state index in [1.165, 1.54) is 16.7 Å². The van der Waals surface area contributed by atoms with E-state index in [1.807, 2.05) is 30.0 Å². The molecular weight excluding hydrogens is 250 g/mol. The van der Waals surface area contributed by atoms with Crippen LogP contribution in [-0.4, -0.2) is 12.0 Å². The summed E-state index contributed by atoms with van der Waals surface area (Å²) in [5.74, 6) is 0.853. The van der Waals surface area contributed by atoms with Crippen molar-refractivity contribution in [1.29, 1.82) is 0 Å².